The van der Waals surface area contributed by atoms with Gasteiger partial charge in [0.05, 0.1) is 48.7 Å². The standard InChI is InChI=1S/C30H36FIN2O6/c1-6-40-29(37)22-16-34(26(17-35)30(2,3)4)24-15-25(38-5)18(13-21(24)28(22)36)11-19-12-20(14-23(32)27(19)31)33-7-9-39-10-8-33/h12-16,26,35H,6-11,17H2,1-5H3/t26-/m1/s1. The number of carbonyl (C=O) groups is 1. The molecule has 1 aromatic heterocycles. The van der Waals surface area contributed by atoms with Crippen molar-refractivity contribution in [2.75, 3.05) is 51.5 Å². The number of fused-ring (bicyclic) bond motifs is 1. The predicted octanol–water partition coefficient (Wildman–Crippen LogP) is 4.94. The fourth-order valence-electron chi connectivity index (χ4n) is 5.11. The fraction of sp³-hybridized carbons (Fsp3) is 0.467. The van der Waals surface area contributed by atoms with Gasteiger partial charge in [0.1, 0.15) is 17.1 Å². The van der Waals surface area contributed by atoms with E-state index in [0.717, 1.165) is 18.8 Å². The summed E-state index contributed by atoms with van der Waals surface area (Å²) in [5.41, 5.74) is 1.46. The number of hydrogen-bond acceptors (Lipinski definition) is 7. The number of anilines is 1. The minimum atomic E-state index is -0.732. The number of halogens is 2. The molecule has 0 bridgehead atoms. The minimum Gasteiger partial charge on any atom is -0.496 e. The molecular weight excluding hydrogens is 630 g/mol. The average molecular weight is 667 g/mol. The van der Waals surface area contributed by atoms with E-state index in [1.165, 1.54) is 13.3 Å². The molecule has 2 heterocycles. The van der Waals surface area contributed by atoms with E-state index < -0.39 is 22.9 Å². The molecule has 1 atom stereocenters. The zero-order chi connectivity index (χ0) is 29.2. The number of pyridine rings is 1. The van der Waals surface area contributed by atoms with Gasteiger partial charge in [0.25, 0.3) is 0 Å². The normalized spacial score (nSPS) is 14.8. The molecule has 216 valence electrons. The lowest BCUT2D eigenvalue weighted by atomic mass is 9.86. The number of aliphatic hydroxyl groups is 1. The SMILES string of the molecule is CCOC(=O)c1cn([C@H](CO)C(C)(C)C)c2cc(OC)c(Cc3cc(N4CCOCC4)cc(I)c3F)cc2c1=O. The summed E-state index contributed by atoms with van der Waals surface area (Å²) in [5.74, 6) is -0.586. The zero-order valence-corrected chi connectivity index (χ0v) is 25.7. The lowest BCUT2D eigenvalue weighted by Crippen LogP contribution is -2.36. The number of aromatic nitrogens is 1. The van der Waals surface area contributed by atoms with E-state index in [-0.39, 0.29) is 36.4 Å². The van der Waals surface area contributed by atoms with Gasteiger partial charge in [0.15, 0.2) is 0 Å². The number of esters is 1. The third kappa shape index (κ3) is 6.13. The molecule has 10 heteroatoms. The lowest BCUT2D eigenvalue weighted by Gasteiger charge is -2.33. The second-order valence-corrected chi connectivity index (χ2v) is 12.1. The summed E-state index contributed by atoms with van der Waals surface area (Å²) >= 11 is 2.00. The Kier molecular flexibility index (Phi) is 9.41. The third-order valence-corrected chi connectivity index (χ3v) is 8.07. The van der Waals surface area contributed by atoms with E-state index >= 15 is 4.39 Å². The van der Waals surface area contributed by atoms with Crippen LogP contribution in [-0.2, 0) is 15.9 Å². The molecule has 0 saturated carbocycles. The first-order valence-electron chi connectivity index (χ1n) is 13.3. The maximum Gasteiger partial charge on any atom is 0.343 e. The third-order valence-electron chi connectivity index (χ3n) is 7.28. The first-order valence-corrected chi connectivity index (χ1v) is 14.4. The highest BCUT2D eigenvalue weighted by Gasteiger charge is 2.29. The summed E-state index contributed by atoms with van der Waals surface area (Å²) in [7, 11) is 1.53. The zero-order valence-electron chi connectivity index (χ0n) is 23.6. The van der Waals surface area contributed by atoms with E-state index in [1.54, 1.807) is 23.6 Å². The summed E-state index contributed by atoms with van der Waals surface area (Å²) in [4.78, 5) is 28.6. The van der Waals surface area contributed by atoms with E-state index in [0.29, 0.717) is 39.2 Å². The Morgan fingerprint density at radius 1 is 1.18 bits per heavy atom. The van der Waals surface area contributed by atoms with Gasteiger partial charge >= 0.3 is 5.97 Å². The van der Waals surface area contributed by atoms with E-state index in [2.05, 4.69) is 4.90 Å². The fourth-order valence-corrected chi connectivity index (χ4v) is 5.77. The quantitative estimate of drug-likeness (QED) is 0.269. The number of benzene rings is 2. The molecule has 0 spiro atoms. The molecule has 4 rings (SSSR count). The number of morpholine rings is 1. The molecule has 2 aromatic carbocycles. The second-order valence-electron chi connectivity index (χ2n) is 10.9. The van der Waals surface area contributed by atoms with E-state index in [9.17, 15) is 14.7 Å². The molecular formula is C30H36FIN2O6. The maximum absolute atomic E-state index is 15.4. The topological polar surface area (TPSA) is 90.2 Å². The Balaban J connectivity index is 1.92. The molecule has 1 aliphatic rings. The molecule has 40 heavy (non-hydrogen) atoms. The molecule has 3 aromatic rings. The van der Waals surface area contributed by atoms with Gasteiger partial charge < -0.3 is 28.8 Å². The molecule has 1 saturated heterocycles. The van der Waals surface area contributed by atoms with Crippen molar-refractivity contribution in [3.05, 3.63) is 66.8 Å². The summed E-state index contributed by atoms with van der Waals surface area (Å²) < 4.78 is 34.0. The Labute approximate surface area is 247 Å². The molecule has 0 amide bonds. The van der Waals surface area contributed by atoms with Crippen molar-refractivity contribution in [3.8, 4) is 5.75 Å². The number of ether oxygens (including phenoxy) is 3. The number of aliphatic hydroxyl groups excluding tert-OH is 1. The largest absolute Gasteiger partial charge is 0.496 e. The molecule has 1 fully saturated rings. The van der Waals surface area contributed by atoms with E-state index in [4.69, 9.17) is 14.2 Å². The van der Waals surface area contributed by atoms with Crippen molar-refractivity contribution in [2.45, 2.75) is 40.2 Å². The van der Waals surface area contributed by atoms with Crippen LogP contribution in [0.25, 0.3) is 10.9 Å². The first-order chi connectivity index (χ1) is 19.0. The van der Waals surface area contributed by atoms with Crippen molar-refractivity contribution in [2.24, 2.45) is 5.41 Å². The van der Waals surface area contributed by atoms with Crippen LogP contribution in [0, 0.1) is 14.8 Å². The summed E-state index contributed by atoms with van der Waals surface area (Å²) in [6, 6.07) is 6.60. The minimum absolute atomic E-state index is 0.115. The smallest absolute Gasteiger partial charge is 0.343 e. The number of carbonyl (C=O) groups excluding carboxylic acids is 1. The van der Waals surface area contributed by atoms with Crippen molar-refractivity contribution in [1.82, 2.24) is 4.57 Å². The average Bonchev–Trinajstić information content (AvgIpc) is 2.92. The Hall–Kier alpha value is -2.70. The van der Waals surface area contributed by atoms with Crippen LogP contribution >= 0.6 is 22.6 Å². The Morgan fingerprint density at radius 3 is 2.48 bits per heavy atom. The van der Waals surface area contributed by atoms with Crippen LogP contribution in [-0.4, -0.2) is 62.3 Å². The Bertz CT molecular complexity index is 1460. The van der Waals surface area contributed by atoms with Gasteiger partial charge in [-0.05, 0) is 64.3 Å². The highest BCUT2D eigenvalue weighted by Crippen LogP contribution is 2.36. The number of methoxy groups -OCH3 is 1. The van der Waals surface area contributed by atoms with Crippen LogP contribution in [0.5, 0.6) is 5.75 Å². The van der Waals surface area contributed by atoms with Crippen LogP contribution in [0.2, 0.25) is 0 Å². The molecule has 0 radical (unpaired) electrons. The number of nitrogens with zero attached hydrogens (tertiary/aromatic N) is 2. The van der Waals surface area contributed by atoms with E-state index in [1.807, 2.05) is 55.5 Å². The number of hydrogen-bond donors (Lipinski definition) is 1. The van der Waals surface area contributed by atoms with Crippen LogP contribution in [0.1, 0.15) is 55.2 Å². The van der Waals surface area contributed by atoms with Gasteiger partial charge in [-0.2, -0.15) is 0 Å². The van der Waals surface area contributed by atoms with Gasteiger partial charge in [-0.3, -0.25) is 4.79 Å². The van der Waals surface area contributed by atoms with Crippen LogP contribution in [0.4, 0.5) is 10.1 Å². The van der Waals surface area contributed by atoms with Gasteiger partial charge in [-0.15, -0.1) is 0 Å². The molecule has 0 unspecified atom stereocenters. The van der Waals surface area contributed by atoms with Gasteiger partial charge in [-0.1, -0.05) is 20.8 Å². The van der Waals surface area contributed by atoms with Crippen molar-refractivity contribution < 1.29 is 28.5 Å². The van der Waals surface area contributed by atoms with Crippen molar-refractivity contribution in [3.63, 3.8) is 0 Å². The Morgan fingerprint density at radius 2 is 1.88 bits per heavy atom. The summed E-state index contributed by atoms with van der Waals surface area (Å²) in [6.45, 7) is 10.1. The van der Waals surface area contributed by atoms with Gasteiger partial charge in [0, 0.05) is 42.8 Å². The van der Waals surface area contributed by atoms with Gasteiger partial charge in [0.2, 0.25) is 5.43 Å². The van der Waals surface area contributed by atoms with Crippen LogP contribution in [0.3, 0.4) is 0 Å². The van der Waals surface area contributed by atoms with Crippen molar-refractivity contribution in [1.29, 1.82) is 0 Å². The summed E-state index contributed by atoms with van der Waals surface area (Å²) in [5, 5.41) is 10.6. The first kappa shape index (κ1) is 30.3. The number of rotatable bonds is 8. The summed E-state index contributed by atoms with van der Waals surface area (Å²) in [6.07, 6.45) is 1.63. The highest BCUT2D eigenvalue weighted by atomic mass is 127. The van der Waals surface area contributed by atoms with Gasteiger partial charge in [-0.25, -0.2) is 9.18 Å². The second kappa shape index (κ2) is 12.4. The molecule has 0 aliphatic carbocycles. The predicted molar refractivity (Wildman–Crippen MR) is 161 cm³/mol. The highest BCUT2D eigenvalue weighted by molar-refractivity contribution is 14.1. The molecule has 1 N–H and O–H groups in total. The monoisotopic (exact) mass is 666 g/mol. The maximum atomic E-state index is 15.4. The lowest BCUT2D eigenvalue weighted by molar-refractivity contribution is 0.0522. The molecule has 8 nitrogen and oxygen atoms in total. The van der Waals surface area contributed by atoms with Crippen LogP contribution in [0.15, 0.2) is 35.3 Å². The van der Waals surface area contributed by atoms with Crippen LogP contribution < -0.4 is 15.1 Å². The molecule has 1 aliphatic heterocycles. The van der Waals surface area contributed by atoms with Crippen molar-refractivity contribution >= 4 is 45.2 Å².